The summed E-state index contributed by atoms with van der Waals surface area (Å²) < 4.78 is 0. The molecule has 25 heavy (non-hydrogen) atoms. The number of hydrogen-bond donors (Lipinski definition) is 1. The SMILES string of the molecule is CCCN(CCC)C(=O)c1cccc(C(=O)NCc2ccccn2)c1. The maximum atomic E-state index is 12.7. The van der Waals surface area contributed by atoms with Gasteiger partial charge in [-0.25, -0.2) is 0 Å². The normalized spacial score (nSPS) is 10.3. The Kier molecular flexibility index (Phi) is 7.14. The smallest absolute Gasteiger partial charge is 0.253 e. The van der Waals surface area contributed by atoms with Crippen LogP contribution in [-0.4, -0.2) is 34.8 Å². The van der Waals surface area contributed by atoms with Crippen molar-refractivity contribution in [2.24, 2.45) is 0 Å². The summed E-state index contributed by atoms with van der Waals surface area (Å²) in [7, 11) is 0. The van der Waals surface area contributed by atoms with Gasteiger partial charge in [-0.05, 0) is 43.2 Å². The largest absolute Gasteiger partial charge is 0.346 e. The number of carbonyl (C=O) groups excluding carboxylic acids is 2. The maximum Gasteiger partial charge on any atom is 0.253 e. The van der Waals surface area contributed by atoms with Crippen LogP contribution in [0.25, 0.3) is 0 Å². The summed E-state index contributed by atoms with van der Waals surface area (Å²) in [6, 6.07) is 12.5. The second kappa shape index (κ2) is 9.57. The van der Waals surface area contributed by atoms with Crippen molar-refractivity contribution in [3.63, 3.8) is 0 Å². The summed E-state index contributed by atoms with van der Waals surface area (Å²) in [5, 5.41) is 2.83. The van der Waals surface area contributed by atoms with Gasteiger partial charge in [0.05, 0.1) is 12.2 Å². The van der Waals surface area contributed by atoms with Crippen LogP contribution in [0.1, 0.15) is 53.1 Å². The molecule has 0 spiro atoms. The third-order valence-corrected chi connectivity index (χ3v) is 3.80. The first-order valence-corrected chi connectivity index (χ1v) is 8.73. The molecule has 0 aliphatic heterocycles. The van der Waals surface area contributed by atoms with E-state index in [-0.39, 0.29) is 11.8 Å². The molecule has 2 aromatic rings. The Bertz CT molecular complexity index is 695. The molecule has 2 amide bonds. The molecule has 0 radical (unpaired) electrons. The summed E-state index contributed by atoms with van der Waals surface area (Å²) in [6.45, 7) is 5.91. The lowest BCUT2D eigenvalue weighted by atomic mass is 10.1. The molecule has 132 valence electrons. The van der Waals surface area contributed by atoms with Gasteiger partial charge in [0.1, 0.15) is 0 Å². The zero-order valence-electron chi connectivity index (χ0n) is 14.9. The van der Waals surface area contributed by atoms with Crippen molar-refractivity contribution in [2.45, 2.75) is 33.2 Å². The summed E-state index contributed by atoms with van der Waals surface area (Å²) >= 11 is 0. The Morgan fingerprint density at radius 3 is 2.36 bits per heavy atom. The number of benzene rings is 1. The van der Waals surface area contributed by atoms with Gasteiger partial charge in [0.15, 0.2) is 0 Å². The topological polar surface area (TPSA) is 62.3 Å². The van der Waals surface area contributed by atoms with E-state index >= 15 is 0 Å². The third-order valence-electron chi connectivity index (χ3n) is 3.80. The van der Waals surface area contributed by atoms with Gasteiger partial charge in [-0.3, -0.25) is 14.6 Å². The van der Waals surface area contributed by atoms with Gasteiger partial charge in [0.2, 0.25) is 0 Å². The number of aromatic nitrogens is 1. The van der Waals surface area contributed by atoms with Crippen LogP contribution in [0.15, 0.2) is 48.7 Å². The van der Waals surface area contributed by atoms with E-state index in [2.05, 4.69) is 24.1 Å². The van der Waals surface area contributed by atoms with Crippen molar-refractivity contribution < 1.29 is 9.59 Å². The minimum Gasteiger partial charge on any atom is -0.346 e. The van der Waals surface area contributed by atoms with E-state index in [1.165, 1.54) is 0 Å². The van der Waals surface area contributed by atoms with Crippen molar-refractivity contribution in [2.75, 3.05) is 13.1 Å². The fraction of sp³-hybridized carbons (Fsp3) is 0.350. The molecule has 0 aliphatic carbocycles. The molecule has 1 aromatic carbocycles. The van der Waals surface area contributed by atoms with E-state index in [9.17, 15) is 9.59 Å². The highest BCUT2D eigenvalue weighted by atomic mass is 16.2. The van der Waals surface area contributed by atoms with E-state index in [1.54, 1.807) is 30.5 Å². The number of hydrogen-bond acceptors (Lipinski definition) is 3. The Morgan fingerprint density at radius 1 is 1.00 bits per heavy atom. The summed E-state index contributed by atoms with van der Waals surface area (Å²) in [5.74, 6) is -0.235. The average Bonchev–Trinajstić information content (AvgIpc) is 2.66. The van der Waals surface area contributed by atoms with Crippen LogP contribution in [0.3, 0.4) is 0 Å². The van der Waals surface area contributed by atoms with Crippen LogP contribution in [-0.2, 0) is 6.54 Å². The number of nitrogens with zero attached hydrogens (tertiary/aromatic N) is 2. The second-order valence-corrected chi connectivity index (χ2v) is 5.88. The first kappa shape index (κ1) is 18.6. The fourth-order valence-electron chi connectivity index (χ4n) is 2.61. The highest BCUT2D eigenvalue weighted by Crippen LogP contribution is 2.10. The number of amides is 2. The van der Waals surface area contributed by atoms with Gasteiger partial charge >= 0.3 is 0 Å². The predicted octanol–water partition coefficient (Wildman–Crippen LogP) is 3.27. The number of carbonyl (C=O) groups is 2. The van der Waals surface area contributed by atoms with E-state index in [1.807, 2.05) is 23.1 Å². The molecule has 5 nitrogen and oxygen atoms in total. The number of nitrogens with one attached hydrogen (secondary N) is 1. The highest BCUT2D eigenvalue weighted by Gasteiger charge is 2.16. The second-order valence-electron chi connectivity index (χ2n) is 5.88. The summed E-state index contributed by atoms with van der Waals surface area (Å²) in [6.07, 6.45) is 3.52. The Balaban J connectivity index is 2.06. The Morgan fingerprint density at radius 2 is 1.72 bits per heavy atom. The highest BCUT2D eigenvalue weighted by molar-refractivity contribution is 5.99. The minimum absolute atomic E-state index is 0.0249. The first-order valence-electron chi connectivity index (χ1n) is 8.73. The molecule has 0 bridgehead atoms. The molecule has 2 rings (SSSR count). The van der Waals surface area contributed by atoms with Gasteiger partial charge in [-0.1, -0.05) is 26.0 Å². The molecule has 0 atom stereocenters. The van der Waals surface area contributed by atoms with Crippen molar-refractivity contribution in [3.05, 3.63) is 65.5 Å². The monoisotopic (exact) mass is 339 g/mol. The van der Waals surface area contributed by atoms with Crippen LogP contribution in [0.2, 0.25) is 0 Å². The zero-order chi connectivity index (χ0) is 18.1. The van der Waals surface area contributed by atoms with Crippen LogP contribution >= 0.6 is 0 Å². The molecule has 0 aliphatic rings. The Labute approximate surface area is 149 Å². The lowest BCUT2D eigenvalue weighted by molar-refractivity contribution is 0.0755. The molecule has 1 aromatic heterocycles. The van der Waals surface area contributed by atoms with Crippen LogP contribution in [0.5, 0.6) is 0 Å². The van der Waals surface area contributed by atoms with Gasteiger partial charge in [-0.15, -0.1) is 0 Å². The molecule has 0 unspecified atom stereocenters. The molecular formula is C20H25N3O2. The van der Waals surface area contributed by atoms with Gasteiger partial charge in [0.25, 0.3) is 11.8 Å². The molecule has 1 heterocycles. The van der Waals surface area contributed by atoms with Crippen LogP contribution in [0, 0.1) is 0 Å². The van der Waals surface area contributed by atoms with Gasteiger partial charge in [-0.2, -0.15) is 0 Å². The molecule has 5 heteroatoms. The van der Waals surface area contributed by atoms with Gasteiger partial charge < -0.3 is 10.2 Å². The lowest BCUT2D eigenvalue weighted by Gasteiger charge is -2.21. The van der Waals surface area contributed by atoms with Crippen LogP contribution < -0.4 is 5.32 Å². The number of rotatable bonds is 8. The third kappa shape index (κ3) is 5.41. The summed E-state index contributed by atoms with van der Waals surface area (Å²) in [5.41, 5.74) is 1.82. The van der Waals surface area contributed by atoms with E-state index < -0.39 is 0 Å². The molecular weight excluding hydrogens is 314 g/mol. The molecule has 0 saturated heterocycles. The van der Waals surface area contributed by atoms with Gasteiger partial charge in [0, 0.05) is 30.4 Å². The Hall–Kier alpha value is -2.69. The number of pyridine rings is 1. The minimum atomic E-state index is -0.210. The first-order chi connectivity index (χ1) is 12.2. The quantitative estimate of drug-likeness (QED) is 0.803. The lowest BCUT2D eigenvalue weighted by Crippen LogP contribution is -2.32. The van der Waals surface area contributed by atoms with Crippen molar-refractivity contribution in [1.29, 1.82) is 0 Å². The van der Waals surface area contributed by atoms with Crippen molar-refractivity contribution >= 4 is 11.8 Å². The van der Waals surface area contributed by atoms with Crippen molar-refractivity contribution in [3.8, 4) is 0 Å². The fourth-order valence-corrected chi connectivity index (χ4v) is 2.61. The maximum absolute atomic E-state index is 12.7. The molecule has 0 saturated carbocycles. The molecule has 1 N–H and O–H groups in total. The van der Waals surface area contributed by atoms with E-state index in [0.29, 0.717) is 17.7 Å². The van der Waals surface area contributed by atoms with Crippen LogP contribution in [0.4, 0.5) is 0 Å². The van der Waals surface area contributed by atoms with Crippen molar-refractivity contribution in [1.82, 2.24) is 15.2 Å². The predicted molar refractivity (Wildman–Crippen MR) is 98.3 cm³/mol. The zero-order valence-corrected chi connectivity index (χ0v) is 14.9. The summed E-state index contributed by atoms with van der Waals surface area (Å²) in [4.78, 5) is 31.0. The standard InChI is InChI=1S/C20H25N3O2/c1-3-12-23(13-4-2)20(25)17-9-7-8-16(14-17)19(24)22-15-18-10-5-6-11-21-18/h5-11,14H,3-4,12-13,15H2,1-2H3,(H,22,24). The van der Waals surface area contributed by atoms with E-state index in [0.717, 1.165) is 31.6 Å². The van der Waals surface area contributed by atoms with E-state index in [4.69, 9.17) is 0 Å². The average molecular weight is 339 g/mol. The molecule has 0 fully saturated rings.